The van der Waals surface area contributed by atoms with Gasteiger partial charge < -0.3 is 5.32 Å². The fourth-order valence-electron chi connectivity index (χ4n) is 5.83. The summed E-state index contributed by atoms with van der Waals surface area (Å²) in [6.45, 7) is 0.446. The first kappa shape index (κ1) is 26.4. The summed E-state index contributed by atoms with van der Waals surface area (Å²) >= 11 is 12.6. The molecule has 4 fully saturated rings. The molecule has 5 unspecified atom stereocenters. The van der Waals surface area contributed by atoms with Gasteiger partial charge in [-0.2, -0.15) is 0 Å². The van der Waals surface area contributed by atoms with Crippen LogP contribution < -0.4 is 21.5 Å². The summed E-state index contributed by atoms with van der Waals surface area (Å²) < 4.78 is 27.2. The number of carbonyl (C=O) groups is 1. The highest BCUT2D eigenvalue weighted by Crippen LogP contribution is 2.32. The number of nitrogens with zero attached hydrogens (tertiary/aromatic N) is 1. The quantitative estimate of drug-likeness (QED) is 0.247. The Bertz CT molecular complexity index is 701. The zero-order valence-corrected chi connectivity index (χ0v) is 21.3. The summed E-state index contributed by atoms with van der Waals surface area (Å²) in [7, 11) is 0. The molecule has 0 radical (unpaired) electrons. The van der Waals surface area contributed by atoms with Gasteiger partial charge in [-0.3, -0.25) is 20.5 Å². The van der Waals surface area contributed by atoms with E-state index in [9.17, 15) is 13.6 Å². The third kappa shape index (κ3) is 7.40. The van der Waals surface area contributed by atoms with Crippen LogP contribution in [0.4, 0.5) is 8.78 Å². The molecule has 5 atom stereocenters. The van der Waals surface area contributed by atoms with E-state index in [-0.39, 0.29) is 40.7 Å². The van der Waals surface area contributed by atoms with Crippen LogP contribution in [0.25, 0.3) is 0 Å². The molecule has 10 heteroatoms. The van der Waals surface area contributed by atoms with Crippen molar-refractivity contribution >= 4 is 35.1 Å². The van der Waals surface area contributed by atoms with Crippen molar-refractivity contribution in [1.29, 1.82) is 0 Å². The molecule has 3 saturated carbocycles. The minimum atomic E-state index is -0.838. The van der Waals surface area contributed by atoms with Crippen molar-refractivity contribution in [1.82, 2.24) is 21.5 Å². The third-order valence-corrected chi connectivity index (χ3v) is 9.08. The molecule has 3 aliphatic carbocycles. The molecule has 1 saturated heterocycles. The topological polar surface area (TPSA) is 77.5 Å². The summed E-state index contributed by atoms with van der Waals surface area (Å²) in [5.74, 6) is 0.875. The third-order valence-electron chi connectivity index (χ3n) is 8.11. The molecule has 1 aliphatic heterocycles. The Morgan fingerprint density at radius 2 is 1.59 bits per heavy atom. The highest BCUT2D eigenvalue weighted by atomic mass is 35.5. The molecule has 0 bridgehead atoms. The number of hydrogen-bond donors (Lipinski definition) is 4. The van der Waals surface area contributed by atoms with Crippen LogP contribution in [0.1, 0.15) is 77.0 Å². The van der Waals surface area contributed by atoms with Gasteiger partial charge in [-0.05, 0) is 88.9 Å². The smallest absolute Gasteiger partial charge is 0.229 e. The van der Waals surface area contributed by atoms with E-state index in [4.69, 9.17) is 28.2 Å². The van der Waals surface area contributed by atoms with Crippen LogP contribution in [-0.2, 0) is 4.79 Å². The number of alkyl halides is 4. The van der Waals surface area contributed by atoms with E-state index in [1.54, 1.807) is 0 Å². The van der Waals surface area contributed by atoms with Crippen molar-refractivity contribution in [3.8, 4) is 0 Å². The molecule has 4 rings (SSSR count). The largest absolute Gasteiger partial charge is 0.339 e. The van der Waals surface area contributed by atoms with Crippen molar-refractivity contribution in [2.24, 2.45) is 22.7 Å². The second-order valence-electron chi connectivity index (χ2n) is 10.7. The molecule has 34 heavy (non-hydrogen) atoms. The van der Waals surface area contributed by atoms with E-state index < -0.39 is 12.3 Å². The number of aliphatic imine (C=N–C) groups is 1. The van der Waals surface area contributed by atoms with Gasteiger partial charge in [-0.15, -0.1) is 23.2 Å². The van der Waals surface area contributed by atoms with Crippen LogP contribution in [0.2, 0.25) is 0 Å². The van der Waals surface area contributed by atoms with Crippen molar-refractivity contribution in [3.63, 3.8) is 0 Å². The van der Waals surface area contributed by atoms with Gasteiger partial charge in [0.25, 0.3) is 0 Å². The minimum Gasteiger partial charge on any atom is -0.339 e. The highest BCUT2D eigenvalue weighted by Gasteiger charge is 2.34. The minimum absolute atomic E-state index is 0.0338. The number of carbonyl (C=O) groups excluding carboxylic acids is 1. The first-order valence-electron chi connectivity index (χ1n) is 13.1. The van der Waals surface area contributed by atoms with Gasteiger partial charge in [0.05, 0.1) is 6.17 Å². The van der Waals surface area contributed by atoms with E-state index in [1.165, 1.54) is 0 Å². The van der Waals surface area contributed by atoms with Crippen LogP contribution in [-0.4, -0.2) is 53.7 Å². The van der Waals surface area contributed by atoms with Gasteiger partial charge in [0.15, 0.2) is 5.96 Å². The number of hydrazine groups is 1. The summed E-state index contributed by atoms with van der Waals surface area (Å²) in [6, 6.07) is 0.257. The van der Waals surface area contributed by atoms with E-state index in [1.807, 2.05) is 0 Å². The lowest BCUT2D eigenvalue weighted by molar-refractivity contribution is -0.124. The van der Waals surface area contributed by atoms with Gasteiger partial charge in [-0.1, -0.05) is 0 Å². The van der Waals surface area contributed by atoms with E-state index in [0.717, 1.165) is 44.9 Å². The number of amides is 1. The lowest BCUT2D eigenvalue weighted by atomic mass is 9.82. The standard InChI is InChI=1S/C24H39Cl2F2N5O/c25-17-6-1-15(2-7-17)23(34)31-24(29-13-16-5-10-19(28)11-20(16)26)30-22-12-21(32-33-22)14-3-8-18(27)9-4-14/h14-22,32-33H,1-13H2,(H2,29,30,31,34). The summed E-state index contributed by atoms with van der Waals surface area (Å²) in [6.07, 6.45) is 7.08. The van der Waals surface area contributed by atoms with E-state index in [0.29, 0.717) is 50.5 Å². The van der Waals surface area contributed by atoms with Gasteiger partial charge in [0, 0.05) is 29.3 Å². The molecular formula is C24H39Cl2F2N5O. The van der Waals surface area contributed by atoms with Gasteiger partial charge >= 0.3 is 0 Å². The molecule has 4 aliphatic rings. The monoisotopic (exact) mass is 521 g/mol. The molecule has 1 heterocycles. The van der Waals surface area contributed by atoms with E-state index in [2.05, 4.69) is 21.5 Å². The van der Waals surface area contributed by atoms with Crippen LogP contribution in [0, 0.1) is 17.8 Å². The fourth-order valence-corrected chi connectivity index (χ4v) is 6.48. The maximum Gasteiger partial charge on any atom is 0.229 e. The number of guanidine groups is 1. The Balaban J connectivity index is 1.35. The maximum atomic E-state index is 13.7. The average molecular weight is 523 g/mol. The lowest BCUT2D eigenvalue weighted by Crippen LogP contribution is -2.52. The lowest BCUT2D eigenvalue weighted by Gasteiger charge is -2.29. The second-order valence-corrected chi connectivity index (χ2v) is 11.8. The molecule has 0 aromatic heterocycles. The number of rotatable bonds is 5. The normalized spacial score (nSPS) is 41.8. The Labute approximate surface area is 211 Å². The molecule has 0 aromatic carbocycles. The van der Waals surface area contributed by atoms with Crippen molar-refractivity contribution in [2.45, 2.75) is 112 Å². The summed E-state index contributed by atoms with van der Waals surface area (Å²) in [5.41, 5.74) is 6.63. The number of nitrogens with one attached hydrogen (secondary N) is 4. The average Bonchev–Trinajstić information content (AvgIpc) is 3.27. The van der Waals surface area contributed by atoms with Gasteiger partial charge in [0.1, 0.15) is 12.3 Å². The molecule has 0 aromatic rings. The van der Waals surface area contributed by atoms with Crippen LogP contribution >= 0.6 is 23.2 Å². The molecule has 1 amide bonds. The molecule has 194 valence electrons. The first-order chi connectivity index (χ1) is 16.4. The molecular weight excluding hydrogens is 483 g/mol. The predicted octanol–water partition coefficient (Wildman–Crippen LogP) is 4.31. The van der Waals surface area contributed by atoms with Crippen LogP contribution in [0.15, 0.2) is 4.99 Å². The van der Waals surface area contributed by atoms with Crippen molar-refractivity contribution < 1.29 is 13.6 Å². The first-order valence-corrected chi connectivity index (χ1v) is 13.9. The van der Waals surface area contributed by atoms with E-state index >= 15 is 0 Å². The van der Waals surface area contributed by atoms with Crippen LogP contribution in [0.3, 0.4) is 0 Å². The van der Waals surface area contributed by atoms with Gasteiger partial charge in [-0.25, -0.2) is 14.2 Å². The maximum absolute atomic E-state index is 13.7. The summed E-state index contributed by atoms with van der Waals surface area (Å²) in [5, 5.41) is 6.28. The highest BCUT2D eigenvalue weighted by molar-refractivity contribution is 6.21. The Kier molecular flexibility index (Phi) is 9.70. The number of hydrogen-bond acceptors (Lipinski definition) is 4. The Morgan fingerprint density at radius 3 is 2.29 bits per heavy atom. The molecule has 6 nitrogen and oxygen atoms in total. The van der Waals surface area contributed by atoms with Gasteiger partial charge in [0.2, 0.25) is 5.91 Å². The Morgan fingerprint density at radius 1 is 0.882 bits per heavy atom. The Hall–Kier alpha value is -0.700. The number of halogens is 4. The molecule has 4 N–H and O–H groups in total. The fraction of sp³-hybridized carbons (Fsp3) is 0.917. The van der Waals surface area contributed by atoms with Crippen LogP contribution in [0.5, 0.6) is 0 Å². The second kappa shape index (κ2) is 12.5. The zero-order chi connectivity index (χ0) is 24.1. The SMILES string of the molecule is O=C(NC(=NCC1CCC(F)CC1Cl)NC1CC(C2CCC(F)CC2)NN1)C1CCC(Cl)CC1. The summed E-state index contributed by atoms with van der Waals surface area (Å²) in [4.78, 5) is 17.7. The van der Waals surface area contributed by atoms with Crippen molar-refractivity contribution in [2.75, 3.05) is 6.54 Å². The molecule has 0 spiro atoms. The van der Waals surface area contributed by atoms with Crippen molar-refractivity contribution in [3.05, 3.63) is 0 Å². The zero-order valence-electron chi connectivity index (χ0n) is 19.8. The predicted molar refractivity (Wildman–Crippen MR) is 132 cm³/mol.